The molecule has 0 saturated carbocycles. The number of nitrogens with zero attached hydrogens (tertiary/aromatic N) is 4. The van der Waals surface area contributed by atoms with Crippen LogP contribution in [-0.4, -0.2) is 64.4 Å². The number of aromatic nitrogens is 2. The van der Waals surface area contributed by atoms with Crippen LogP contribution in [-0.2, 0) is 20.9 Å². The summed E-state index contributed by atoms with van der Waals surface area (Å²) in [6.07, 6.45) is 7.08. The van der Waals surface area contributed by atoms with Crippen LogP contribution in [0.15, 0.2) is 12.4 Å². The Hall–Kier alpha value is -2.02. The number of hydrogen-bond acceptors (Lipinski definition) is 6. The number of hydrogen-bond donors (Lipinski definition) is 0. The van der Waals surface area contributed by atoms with Gasteiger partial charge in [0, 0.05) is 31.1 Å². The van der Waals surface area contributed by atoms with Crippen LogP contribution < -0.4 is 0 Å². The number of aryl methyl sites for hydroxylation is 1. The maximum Gasteiger partial charge on any atom is 0.320 e. The average Bonchev–Trinajstić information content (AvgIpc) is 2.61. The van der Waals surface area contributed by atoms with Gasteiger partial charge in [0.15, 0.2) is 0 Å². The topological polar surface area (TPSA) is 75.6 Å². The molecule has 2 aliphatic rings. The predicted octanol–water partition coefficient (Wildman–Crippen LogP) is 1.55. The van der Waals surface area contributed by atoms with E-state index in [4.69, 9.17) is 4.74 Å². The SMILES string of the molecule is CCOC(=O)CN1CCCC2(CCC(=O)N(Cc3cnc(C)cn3)C2)C1. The van der Waals surface area contributed by atoms with Gasteiger partial charge in [-0.25, -0.2) is 0 Å². The first kappa shape index (κ1) is 18.8. The Bertz CT molecular complexity index is 649. The zero-order valence-corrected chi connectivity index (χ0v) is 15.7. The minimum Gasteiger partial charge on any atom is -0.465 e. The van der Waals surface area contributed by atoms with E-state index in [1.54, 1.807) is 12.4 Å². The third-order valence-electron chi connectivity index (χ3n) is 5.33. The van der Waals surface area contributed by atoms with Crippen molar-refractivity contribution in [2.75, 3.05) is 32.8 Å². The fourth-order valence-electron chi connectivity index (χ4n) is 4.11. The molecule has 0 N–H and O–H groups in total. The fraction of sp³-hybridized carbons (Fsp3) is 0.684. The number of rotatable bonds is 5. The Balaban J connectivity index is 1.64. The van der Waals surface area contributed by atoms with Crippen LogP contribution in [0.3, 0.4) is 0 Å². The number of ether oxygens (including phenoxy) is 1. The summed E-state index contributed by atoms with van der Waals surface area (Å²) in [6, 6.07) is 0. The van der Waals surface area contributed by atoms with Crippen LogP contribution >= 0.6 is 0 Å². The molecule has 3 rings (SSSR count). The Morgan fingerprint density at radius 2 is 2.12 bits per heavy atom. The van der Waals surface area contributed by atoms with Crippen molar-refractivity contribution in [1.29, 1.82) is 0 Å². The van der Waals surface area contributed by atoms with Crippen LogP contribution in [0.25, 0.3) is 0 Å². The second kappa shape index (κ2) is 8.12. The molecule has 0 aliphatic carbocycles. The Labute approximate surface area is 154 Å². The summed E-state index contributed by atoms with van der Waals surface area (Å²) in [6.45, 7) is 7.47. The van der Waals surface area contributed by atoms with Crippen molar-refractivity contribution in [3.8, 4) is 0 Å². The molecule has 0 radical (unpaired) electrons. The van der Waals surface area contributed by atoms with E-state index in [2.05, 4.69) is 14.9 Å². The Morgan fingerprint density at radius 3 is 2.85 bits per heavy atom. The summed E-state index contributed by atoms with van der Waals surface area (Å²) in [5.74, 6) is 0.0173. The first-order valence-electron chi connectivity index (χ1n) is 9.43. The molecule has 1 atom stereocenters. The minimum atomic E-state index is -0.164. The smallest absolute Gasteiger partial charge is 0.320 e. The van der Waals surface area contributed by atoms with Crippen molar-refractivity contribution in [3.05, 3.63) is 23.8 Å². The molecule has 3 heterocycles. The van der Waals surface area contributed by atoms with Gasteiger partial charge in [0.25, 0.3) is 0 Å². The molecule has 1 aromatic heterocycles. The molecule has 142 valence electrons. The van der Waals surface area contributed by atoms with Gasteiger partial charge < -0.3 is 9.64 Å². The number of likely N-dealkylation sites (tertiary alicyclic amines) is 2. The summed E-state index contributed by atoms with van der Waals surface area (Å²) in [4.78, 5) is 37.0. The fourth-order valence-corrected chi connectivity index (χ4v) is 4.11. The van der Waals surface area contributed by atoms with Crippen LogP contribution in [0.5, 0.6) is 0 Å². The van der Waals surface area contributed by atoms with Crippen molar-refractivity contribution >= 4 is 11.9 Å². The highest BCUT2D eigenvalue weighted by Gasteiger charge is 2.42. The highest BCUT2D eigenvalue weighted by atomic mass is 16.5. The second-order valence-corrected chi connectivity index (χ2v) is 7.52. The number of carbonyl (C=O) groups excluding carboxylic acids is 2. The Morgan fingerprint density at radius 1 is 1.27 bits per heavy atom. The van der Waals surface area contributed by atoms with E-state index in [1.165, 1.54) is 0 Å². The van der Waals surface area contributed by atoms with Gasteiger partial charge >= 0.3 is 5.97 Å². The lowest BCUT2D eigenvalue weighted by Crippen LogP contribution is -2.54. The summed E-state index contributed by atoms with van der Waals surface area (Å²) < 4.78 is 5.09. The van der Waals surface area contributed by atoms with E-state index in [0.717, 1.165) is 50.3 Å². The van der Waals surface area contributed by atoms with Crippen LogP contribution in [0, 0.1) is 12.3 Å². The number of piperidine rings is 2. The molecular formula is C19H28N4O3. The summed E-state index contributed by atoms with van der Waals surface area (Å²) >= 11 is 0. The zero-order valence-electron chi connectivity index (χ0n) is 15.7. The molecule has 0 bridgehead atoms. The van der Waals surface area contributed by atoms with E-state index >= 15 is 0 Å². The summed E-state index contributed by atoms with van der Waals surface area (Å²) in [5, 5.41) is 0. The maximum atomic E-state index is 12.4. The summed E-state index contributed by atoms with van der Waals surface area (Å²) in [5.41, 5.74) is 1.76. The van der Waals surface area contributed by atoms with Gasteiger partial charge in [0.1, 0.15) is 0 Å². The second-order valence-electron chi connectivity index (χ2n) is 7.52. The lowest BCUT2D eigenvalue weighted by atomic mass is 9.73. The molecule has 1 amide bonds. The number of amides is 1. The van der Waals surface area contributed by atoms with Crippen molar-refractivity contribution in [2.24, 2.45) is 5.41 Å². The van der Waals surface area contributed by atoms with Crippen LogP contribution in [0.2, 0.25) is 0 Å². The highest BCUT2D eigenvalue weighted by Crippen LogP contribution is 2.39. The zero-order chi connectivity index (χ0) is 18.6. The minimum absolute atomic E-state index is 0.0663. The van der Waals surface area contributed by atoms with Gasteiger partial charge in [-0.3, -0.25) is 24.5 Å². The van der Waals surface area contributed by atoms with Gasteiger partial charge in [0.2, 0.25) is 5.91 Å². The number of carbonyl (C=O) groups is 2. The predicted molar refractivity (Wildman–Crippen MR) is 96.2 cm³/mol. The van der Waals surface area contributed by atoms with Crippen molar-refractivity contribution in [1.82, 2.24) is 19.8 Å². The summed E-state index contributed by atoms with van der Waals surface area (Å²) in [7, 11) is 0. The van der Waals surface area contributed by atoms with Gasteiger partial charge in [0.05, 0.1) is 37.3 Å². The first-order chi connectivity index (χ1) is 12.5. The van der Waals surface area contributed by atoms with E-state index in [9.17, 15) is 9.59 Å². The van der Waals surface area contributed by atoms with Crippen LogP contribution in [0.4, 0.5) is 0 Å². The molecule has 7 nitrogen and oxygen atoms in total. The molecule has 2 fully saturated rings. The third kappa shape index (κ3) is 4.58. The van der Waals surface area contributed by atoms with Crippen molar-refractivity contribution in [3.63, 3.8) is 0 Å². The molecule has 26 heavy (non-hydrogen) atoms. The lowest BCUT2D eigenvalue weighted by molar-refractivity contribution is -0.147. The molecule has 1 aromatic rings. The molecule has 0 aromatic carbocycles. The average molecular weight is 360 g/mol. The third-order valence-corrected chi connectivity index (χ3v) is 5.33. The van der Waals surface area contributed by atoms with Crippen molar-refractivity contribution < 1.29 is 14.3 Å². The standard InChI is InChI=1S/C19H28N4O3/c1-3-26-18(25)12-22-8-4-6-19(13-22)7-5-17(24)23(14-19)11-16-10-20-15(2)9-21-16/h9-10H,3-8,11-14H2,1-2H3. The Kier molecular flexibility index (Phi) is 5.86. The molecular weight excluding hydrogens is 332 g/mol. The van der Waals surface area contributed by atoms with Gasteiger partial charge in [-0.15, -0.1) is 0 Å². The largest absolute Gasteiger partial charge is 0.465 e. The van der Waals surface area contributed by atoms with Crippen molar-refractivity contribution in [2.45, 2.75) is 46.1 Å². The number of esters is 1. The maximum absolute atomic E-state index is 12.4. The normalized spacial score (nSPS) is 24.1. The quantitative estimate of drug-likeness (QED) is 0.742. The monoisotopic (exact) mass is 360 g/mol. The highest BCUT2D eigenvalue weighted by molar-refractivity contribution is 5.77. The molecule has 2 saturated heterocycles. The van der Waals surface area contributed by atoms with E-state index < -0.39 is 0 Å². The molecule has 7 heteroatoms. The lowest BCUT2D eigenvalue weighted by Gasteiger charge is -2.48. The van der Waals surface area contributed by atoms with E-state index in [0.29, 0.717) is 26.1 Å². The molecule has 1 unspecified atom stereocenters. The van der Waals surface area contributed by atoms with E-state index in [-0.39, 0.29) is 17.3 Å². The molecule has 1 spiro atoms. The van der Waals surface area contributed by atoms with Gasteiger partial charge in [-0.05, 0) is 39.7 Å². The van der Waals surface area contributed by atoms with E-state index in [1.807, 2.05) is 18.7 Å². The van der Waals surface area contributed by atoms with Gasteiger partial charge in [-0.1, -0.05) is 0 Å². The van der Waals surface area contributed by atoms with Crippen LogP contribution in [0.1, 0.15) is 44.0 Å². The first-order valence-corrected chi connectivity index (χ1v) is 9.43. The molecule has 2 aliphatic heterocycles. The van der Waals surface area contributed by atoms with Gasteiger partial charge in [-0.2, -0.15) is 0 Å².